The summed E-state index contributed by atoms with van der Waals surface area (Å²) in [6.45, 7) is 1.66. The molecule has 0 unspecified atom stereocenters. The minimum Gasteiger partial charge on any atom is -0.352 e. The minimum atomic E-state index is -0.0841. The van der Waals surface area contributed by atoms with E-state index >= 15 is 0 Å². The van der Waals surface area contributed by atoms with E-state index in [1.165, 1.54) is 6.08 Å². The fraction of sp³-hybridized carbons (Fsp3) is 0.273. The lowest BCUT2D eigenvalue weighted by Crippen LogP contribution is -2.42. The topological polar surface area (TPSA) is 49.4 Å². The quantitative estimate of drug-likeness (QED) is 0.726. The molecule has 1 saturated heterocycles. The Kier molecular flexibility index (Phi) is 7.12. The second-order valence-corrected chi connectivity index (χ2v) is 7.65. The van der Waals surface area contributed by atoms with E-state index in [9.17, 15) is 9.59 Å². The molecule has 1 N–H and O–H groups in total. The van der Waals surface area contributed by atoms with Gasteiger partial charge in [0.2, 0.25) is 11.8 Å². The van der Waals surface area contributed by atoms with Gasteiger partial charge < -0.3 is 10.2 Å². The highest BCUT2D eigenvalue weighted by Crippen LogP contribution is 2.22. The summed E-state index contributed by atoms with van der Waals surface area (Å²) in [6, 6.07) is 15.0. The van der Waals surface area contributed by atoms with Gasteiger partial charge >= 0.3 is 0 Å². The molecule has 0 bridgehead atoms. The van der Waals surface area contributed by atoms with Crippen molar-refractivity contribution in [1.29, 1.82) is 0 Å². The molecule has 1 fully saturated rings. The summed E-state index contributed by atoms with van der Waals surface area (Å²) in [4.78, 5) is 26.5. The molecule has 28 heavy (non-hydrogen) atoms. The van der Waals surface area contributed by atoms with Gasteiger partial charge in [-0.25, -0.2) is 0 Å². The van der Waals surface area contributed by atoms with Gasteiger partial charge in [0.15, 0.2) is 0 Å². The molecule has 0 atom stereocenters. The molecule has 1 aliphatic heterocycles. The van der Waals surface area contributed by atoms with Crippen LogP contribution >= 0.6 is 23.2 Å². The Balaban J connectivity index is 1.47. The molecule has 0 spiro atoms. The van der Waals surface area contributed by atoms with E-state index in [0.717, 1.165) is 5.56 Å². The zero-order chi connectivity index (χ0) is 19.9. The molecule has 146 valence electrons. The maximum atomic E-state index is 12.4. The fourth-order valence-corrected chi connectivity index (χ4v) is 3.56. The predicted molar refractivity (Wildman–Crippen MR) is 113 cm³/mol. The number of nitrogens with one attached hydrogen (secondary N) is 1. The van der Waals surface area contributed by atoms with Crippen LogP contribution in [0, 0.1) is 5.92 Å². The first-order valence-corrected chi connectivity index (χ1v) is 10.0. The number of benzene rings is 2. The highest BCUT2D eigenvalue weighted by Gasteiger charge is 2.26. The lowest BCUT2D eigenvalue weighted by molar-refractivity contribution is -0.132. The van der Waals surface area contributed by atoms with Crippen LogP contribution in [0.5, 0.6) is 0 Å². The molecule has 0 saturated carbocycles. The van der Waals surface area contributed by atoms with Gasteiger partial charge in [-0.05, 0) is 48.2 Å². The van der Waals surface area contributed by atoms with Crippen molar-refractivity contribution in [2.45, 2.75) is 19.4 Å². The van der Waals surface area contributed by atoms with Crippen LogP contribution in [0.15, 0.2) is 54.6 Å². The SMILES string of the molecule is O=C(NCc1ccccc1)C1CCN(C(=O)/C=C/c2cc(Cl)ccc2Cl)CC1. The number of hydrogen-bond acceptors (Lipinski definition) is 2. The van der Waals surface area contributed by atoms with Crippen molar-refractivity contribution in [2.75, 3.05) is 13.1 Å². The molecule has 4 nitrogen and oxygen atoms in total. The minimum absolute atomic E-state index is 0.0530. The third kappa shape index (κ3) is 5.60. The summed E-state index contributed by atoms with van der Waals surface area (Å²) in [5.41, 5.74) is 1.78. The number of piperidine rings is 1. The molecular weight excluding hydrogens is 395 g/mol. The Hall–Kier alpha value is -2.30. The van der Waals surface area contributed by atoms with Gasteiger partial charge in [0, 0.05) is 41.7 Å². The van der Waals surface area contributed by atoms with Crippen LogP contribution in [0.25, 0.3) is 6.08 Å². The summed E-state index contributed by atoms with van der Waals surface area (Å²) >= 11 is 12.1. The van der Waals surface area contributed by atoms with Crippen LogP contribution in [0.1, 0.15) is 24.0 Å². The van der Waals surface area contributed by atoms with Crippen LogP contribution in [-0.4, -0.2) is 29.8 Å². The summed E-state index contributed by atoms with van der Waals surface area (Å²) in [6.07, 6.45) is 4.51. The normalized spacial score (nSPS) is 15.0. The third-order valence-electron chi connectivity index (χ3n) is 4.85. The average molecular weight is 417 g/mol. The molecule has 3 rings (SSSR count). The maximum Gasteiger partial charge on any atom is 0.246 e. The number of halogens is 2. The predicted octanol–water partition coefficient (Wildman–Crippen LogP) is 4.56. The lowest BCUT2D eigenvalue weighted by atomic mass is 9.95. The first kappa shape index (κ1) is 20.4. The van der Waals surface area contributed by atoms with Gasteiger partial charge in [0.25, 0.3) is 0 Å². The van der Waals surface area contributed by atoms with Crippen molar-refractivity contribution < 1.29 is 9.59 Å². The Bertz CT molecular complexity index is 860. The molecule has 6 heteroatoms. The zero-order valence-electron chi connectivity index (χ0n) is 15.4. The van der Waals surface area contributed by atoms with Crippen molar-refractivity contribution in [3.05, 3.63) is 75.8 Å². The molecule has 0 radical (unpaired) electrons. The Morgan fingerprint density at radius 3 is 2.50 bits per heavy atom. The van der Waals surface area contributed by atoms with E-state index in [1.807, 2.05) is 30.3 Å². The number of carbonyl (C=O) groups is 2. The highest BCUT2D eigenvalue weighted by molar-refractivity contribution is 6.34. The second kappa shape index (κ2) is 9.76. The molecule has 0 aromatic heterocycles. The van der Waals surface area contributed by atoms with Crippen molar-refractivity contribution in [3.63, 3.8) is 0 Å². The zero-order valence-corrected chi connectivity index (χ0v) is 16.9. The van der Waals surface area contributed by atoms with E-state index in [1.54, 1.807) is 29.2 Å². The van der Waals surface area contributed by atoms with Crippen molar-refractivity contribution in [3.8, 4) is 0 Å². The summed E-state index contributed by atoms with van der Waals surface area (Å²) in [7, 11) is 0. The van der Waals surface area contributed by atoms with Gasteiger partial charge in [0.05, 0.1) is 0 Å². The Morgan fingerprint density at radius 1 is 1.07 bits per heavy atom. The van der Waals surface area contributed by atoms with Crippen LogP contribution in [-0.2, 0) is 16.1 Å². The molecule has 1 aliphatic rings. The largest absolute Gasteiger partial charge is 0.352 e. The van der Waals surface area contributed by atoms with E-state index in [0.29, 0.717) is 48.1 Å². The molecule has 0 aliphatic carbocycles. The molecule has 2 aromatic rings. The van der Waals surface area contributed by atoms with E-state index in [-0.39, 0.29) is 17.7 Å². The number of likely N-dealkylation sites (tertiary alicyclic amines) is 1. The van der Waals surface area contributed by atoms with Crippen LogP contribution < -0.4 is 5.32 Å². The third-order valence-corrected chi connectivity index (χ3v) is 5.43. The smallest absolute Gasteiger partial charge is 0.246 e. The maximum absolute atomic E-state index is 12.4. The van der Waals surface area contributed by atoms with E-state index < -0.39 is 0 Å². The van der Waals surface area contributed by atoms with Crippen LogP contribution in [0.3, 0.4) is 0 Å². The van der Waals surface area contributed by atoms with Crippen molar-refractivity contribution >= 4 is 41.1 Å². The summed E-state index contributed by atoms with van der Waals surface area (Å²) in [5, 5.41) is 4.10. The Morgan fingerprint density at radius 2 is 1.79 bits per heavy atom. The number of hydrogen-bond donors (Lipinski definition) is 1. The average Bonchev–Trinajstić information content (AvgIpc) is 2.73. The number of amides is 2. The number of rotatable bonds is 5. The van der Waals surface area contributed by atoms with Crippen LogP contribution in [0.4, 0.5) is 0 Å². The summed E-state index contributed by atoms with van der Waals surface area (Å²) < 4.78 is 0. The van der Waals surface area contributed by atoms with Crippen LogP contribution in [0.2, 0.25) is 10.0 Å². The second-order valence-electron chi connectivity index (χ2n) is 6.80. The first-order chi connectivity index (χ1) is 13.5. The van der Waals surface area contributed by atoms with Gasteiger partial charge in [-0.2, -0.15) is 0 Å². The lowest BCUT2D eigenvalue weighted by Gasteiger charge is -2.30. The molecule has 2 aromatic carbocycles. The van der Waals surface area contributed by atoms with E-state index in [4.69, 9.17) is 23.2 Å². The van der Waals surface area contributed by atoms with Crippen molar-refractivity contribution in [1.82, 2.24) is 10.2 Å². The summed E-state index contributed by atoms with van der Waals surface area (Å²) in [5.74, 6) is -0.0875. The number of nitrogens with zero attached hydrogens (tertiary/aromatic N) is 1. The number of carbonyl (C=O) groups excluding carboxylic acids is 2. The molecular formula is C22H22Cl2N2O2. The molecule has 1 heterocycles. The van der Waals surface area contributed by atoms with Gasteiger partial charge in [-0.3, -0.25) is 9.59 Å². The highest BCUT2D eigenvalue weighted by atomic mass is 35.5. The van der Waals surface area contributed by atoms with Gasteiger partial charge in [-0.1, -0.05) is 53.5 Å². The molecule has 2 amide bonds. The van der Waals surface area contributed by atoms with E-state index in [2.05, 4.69) is 5.32 Å². The Labute approximate surface area is 175 Å². The van der Waals surface area contributed by atoms with Crippen molar-refractivity contribution in [2.24, 2.45) is 5.92 Å². The fourth-order valence-electron chi connectivity index (χ4n) is 3.20. The van der Waals surface area contributed by atoms with Gasteiger partial charge in [-0.15, -0.1) is 0 Å². The van der Waals surface area contributed by atoms with Gasteiger partial charge in [0.1, 0.15) is 0 Å². The first-order valence-electron chi connectivity index (χ1n) is 9.26. The standard InChI is InChI=1S/C22H22Cl2N2O2/c23-19-7-8-20(24)18(14-19)6-9-21(27)26-12-10-17(11-13-26)22(28)25-15-16-4-2-1-3-5-16/h1-9,14,17H,10-13,15H2,(H,25,28)/b9-6+. The monoisotopic (exact) mass is 416 g/mol.